The van der Waals surface area contributed by atoms with E-state index < -0.39 is 14.5 Å². The monoisotopic (exact) mass is 343 g/mol. The predicted molar refractivity (Wildman–Crippen MR) is 92.5 cm³/mol. The molecule has 0 N–H and O–H groups in total. The van der Waals surface area contributed by atoms with E-state index in [1.165, 1.54) is 0 Å². The van der Waals surface area contributed by atoms with Crippen LogP contribution in [0.1, 0.15) is 20.8 Å². The van der Waals surface area contributed by atoms with Gasteiger partial charge in [0.05, 0.1) is 33.0 Å². The first-order valence-electron chi connectivity index (χ1n) is 7.63. The number of nitrogens with zero attached hydrogens (tertiary/aromatic N) is 3. The van der Waals surface area contributed by atoms with Gasteiger partial charge in [0.1, 0.15) is 6.61 Å². The molecular weight excluding hydrogens is 314 g/mol. The molecule has 0 aromatic heterocycles. The molecule has 0 radical (unpaired) electrons. The average Bonchev–Trinajstić information content (AvgIpc) is 2.46. The van der Waals surface area contributed by atoms with Crippen LogP contribution in [0.25, 0.3) is 10.4 Å². The highest BCUT2D eigenvalue weighted by atomic mass is 28.4. The third-order valence-corrected chi connectivity index (χ3v) is 8.21. The summed E-state index contributed by atoms with van der Waals surface area (Å²) in [6.07, 6.45) is 4.36. The van der Waals surface area contributed by atoms with Crippen molar-refractivity contribution in [2.24, 2.45) is 5.11 Å². The molecule has 0 spiro atoms. The van der Waals surface area contributed by atoms with Crippen molar-refractivity contribution in [1.82, 2.24) is 0 Å². The minimum absolute atomic E-state index is 0.0777. The molecule has 0 bridgehead atoms. The maximum Gasteiger partial charge on any atom is 0.192 e. The molecule has 0 rings (SSSR count). The van der Waals surface area contributed by atoms with E-state index in [1.807, 2.05) is 0 Å². The molecule has 0 heterocycles. The van der Waals surface area contributed by atoms with Crippen molar-refractivity contribution in [2.75, 3.05) is 39.6 Å². The lowest BCUT2D eigenvalue weighted by molar-refractivity contribution is -0.0216. The molecule has 0 aliphatic rings. The largest absolute Gasteiger partial charge is 0.414 e. The van der Waals surface area contributed by atoms with E-state index in [-0.39, 0.29) is 18.3 Å². The van der Waals surface area contributed by atoms with Gasteiger partial charge in [-0.15, -0.1) is 6.42 Å². The van der Waals surface area contributed by atoms with Crippen molar-refractivity contribution in [3.05, 3.63) is 10.4 Å². The van der Waals surface area contributed by atoms with Crippen LogP contribution in [-0.4, -0.2) is 54.2 Å². The first-order chi connectivity index (χ1) is 10.7. The number of rotatable bonds is 12. The van der Waals surface area contributed by atoms with E-state index in [1.54, 1.807) is 0 Å². The maximum atomic E-state index is 8.39. The molecule has 0 aliphatic carbocycles. The summed E-state index contributed by atoms with van der Waals surface area (Å²) in [4.78, 5) is 2.68. The van der Waals surface area contributed by atoms with Gasteiger partial charge in [-0.3, -0.25) is 0 Å². The molecule has 23 heavy (non-hydrogen) atoms. The molecule has 0 fully saturated rings. The summed E-state index contributed by atoms with van der Waals surface area (Å²) in [6.45, 7) is 13.2. The Labute approximate surface area is 140 Å². The van der Waals surface area contributed by atoms with E-state index in [0.717, 1.165) is 0 Å². The second kappa shape index (κ2) is 11.5. The molecular formula is C15H29N3O4Si. The summed E-state index contributed by atoms with van der Waals surface area (Å²) in [6, 6.07) is 0. The van der Waals surface area contributed by atoms with E-state index in [4.69, 9.17) is 30.6 Å². The third-order valence-electron chi connectivity index (χ3n) is 3.67. The molecule has 0 saturated carbocycles. The van der Waals surface area contributed by atoms with Gasteiger partial charge in [-0.05, 0) is 23.7 Å². The van der Waals surface area contributed by atoms with Crippen LogP contribution in [0.3, 0.4) is 0 Å². The van der Waals surface area contributed by atoms with Crippen LogP contribution in [0.5, 0.6) is 0 Å². The van der Waals surface area contributed by atoms with Gasteiger partial charge in [-0.1, -0.05) is 31.8 Å². The molecule has 0 amide bonds. The van der Waals surface area contributed by atoms with Crippen LogP contribution >= 0.6 is 0 Å². The van der Waals surface area contributed by atoms with Gasteiger partial charge in [-0.2, -0.15) is 0 Å². The Hall–Kier alpha value is -1.07. The van der Waals surface area contributed by atoms with Gasteiger partial charge in [0.15, 0.2) is 14.5 Å². The topological polar surface area (TPSA) is 85.7 Å². The minimum Gasteiger partial charge on any atom is -0.414 e. The zero-order valence-electron chi connectivity index (χ0n) is 14.9. The number of terminal acetylenes is 1. The second-order valence-corrected chi connectivity index (χ2v) is 11.3. The van der Waals surface area contributed by atoms with Gasteiger partial charge < -0.3 is 18.6 Å². The summed E-state index contributed by atoms with van der Waals surface area (Å²) in [5, 5.41) is 3.64. The van der Waals surface area contributed by atoms with Gasteiger partial charge in [0, 0.05) is 4.91 Å². The van der Waals surface area contributed by atoms with Crippen LogP contribution < -0.4 is 0 Å². The molecule has 0 aliphatic heterocycles. The molecule has 1 unspecified atom stereocenters. The summed E-state index contributed by atoms with van der Waals surface area (Å²) in [5.74, 6) is 2.31. The fraction of sp³-hybridized carbons (Fsp3) is 0.867. The summed E-state index contributed by atoms with van der Waals surface area (Å²) in [7, 11) is -1.71. The number of hydrogen-bond donors (Lipinski definition) is 0. The maximum absolute atomic E-state index is 8.39. The highest BCUT2D eigenvalue weighted by Gasteiger charge is 2.36. The van der Waals surface area contributed by atoms with Crippen molar-refractivity contribution >= 4 is 8.32 Å². The highest BCUT2D eigenvalue weighted by Crippen LogP contribution is 2.36. The van der Waals surface area contributed by atoms with Crippen molar-refractivity contribution in [2.45, 2.75) is 45.1 Å². The van der Waals surface area contributed by atoms with Crippen molar-refractivity contribution in [1.29, 1.82) is 0 Å². The van der Waals surface area contributed by atoms with Gasteiger partial charge in [0.25, 0.3) is 0 Å². The van der Waals surface area contributed by atoms with E-state index >= 15 is 0 Å². The Morgan fingerprint density at radius 2 is 1.78 bits per heavy atom. The summed E-state index contributed by atoms with van der Waals surface area (Å²) in [5.41, 5.74) is 8.39. The van der Waals surface area contributed by atoms with Crippen LogP contribution in [-0.2, 0) is 18.6 Å². The Morgan fingerprint density at radius 3 is 2.35 bits per heavy atom. The van der Waals surface area contributed by atoms with E-state index in [0.29, 0.717) is 26.4 Å². The smallest absolute Gasteiger partial charge is 0.192 e. The SMILES string of the molecule is C#CCOC(COCCOCCO[Si](C)(C)C(C)(C)C)N=[N+]=[N-]. The second-order valence-electron chi connectivity index (χ2n) is 6.47. The molecule has 0 saturated heterocycles. The van der Waals surface area contributed by atoms with Crippen LogP contribution in [0.2, 0.25) is 18.1 Å². The fourth-order valence-electron chi connectivity index (χ4n) is 1.29. The predicted octanol–water partition coefficient (Wildman–Crippen LogP) is 3.33. The first kappa shape index (κ1) is 21.9. The van der Waals surface area contributed by atoms with Gasteiger partial charge in [-0.25, -0.2) is 0 Å². The number of hydrogen-bond acceptors (Lipinski definition) is 5. The van der Waals surface area contributed by atoms with E-state index in [2.05, 4.69) is 49.8 Å². The van der Waals surface area contributed by atoms with Crippen LogP contribution in [0, 0.1) is 12.3 Å². The Balaban J connectivity index is 3.70. The Kier molecular flexibility index (Phi) is 10.9. The van der Waals surface area contributed by atoms with Crippen molar-refractivity contribution in [3.8, 4) is 12.3 Å². The minimum atomic E-state index is -1.71. The molecule has 0 aromatic carbocycles. The third kappa shape index (κ3) is 10.3. The zero-order chi connectivity index (χ0) is 17.8. The molecule has 0 aromatic rings. The zero-order valence-corrected chi connectivity index (χ0v) is 15.9. The number of azide groups is 1. The average molecular weight is 344 g/mol. The summed E-state index contributed by atoms with van der Waals surface area (Å²) < 4.78 is 21.9. The quantitative estimate of drug-likeness (QED) is 0.136. The lowest BCUT2D eigenvalue weighted by Crippen LogP contribution is -2.41. The fourth-order valence-corrected chi connectivity index (χ4v) is 2.32. The van der Waals surface area contributed by atoms with Gasteiger partial charge in [0.2, 0.25) is 0 Å². The van der Waals surface area contributed by atoms with Crippen molar-refractivity contribution < 1.29 is 18.6 Å². The van der Waals surface area contributed by atoms with Crippen molar-refractivity contribution in [3.63, 3.8) is 0 Å². The standard InChI is InChI=1S/C15H29N3O4Si/c1-7-8-21-14(17-18-16)13-20-10-9-19-11-12-22-23(5,6)15(2,3)4/h1,14H,8-13H2,2-6H3. The normalized spacial score (nSPS) is 13.2. The Bertz CT molecular complexity index is 412. The Morgan fingerprint density at radius 1 is 1.17 bits per heavy atom. The number of ether oxygens (including phenoxy) is 3. The molecule has 1 atom stereocenters. The molecule has 7 nitrogen and oxygen atoms in total. The van der Waals surface area contributed by atoms with Gasteiger partial charge >= 0.3 is 0 Å². The lowest BCUT2D eigenvalue weighted by Gasteiger charge is -2.36. The summed E-state index contributed by atoms with van der Waals surface area (Å²) >= 11 is 0. The lowest BCUT2D eigenvalue weighted by atomic mass is 10.2. The van der Waals surface area contributed by atoms with Crippen LogP contribution in [0.15, 0.2) is 5.11 Å². The first-order valence-corrected chi connectivity index (χ1v) is 10.5. The highest BCUT2D eigenvalue weighted by molar-refractivity contribution is 6.74. The van der Waals surface area contributed by atoms with Crippen LogP contribution in [0.4, 0.5) is 0 Å². The molecule has 8 heteroatoms. The molecule has 132 valence electrons. The van der Waals surface area contributed by atoms with E-state index in [9.17, 15) is 0 Å².